The van der Waals surface area contributed by atoms with Crippen LogP contribution >= 0.6 is 0 Å². The van der Waals surface area contributed by atoms with Gasteiger partial charge in [-0.2, -0.15) is 0 Å². The van der Waals surface area contributed by atoms with Crippen molar-refractivity contribution in [1.82, 2.24) is 10.3 Å². The van der Waals surface area contributed by atoms with Gasteiger partial charge < -0.3 is 21.3 Å². The van der Waals surface area contributed by atoms with Gasteiger partial charge in [0.2, 0.25) is 0 Å². The van der Waals surface area contributed by atoms with Crippen LogP contribution in [0.15, 0.2) is 72.9 Å². The third kappa shape index (κ3) is 6.91. The summed E-state index contributed by atoms with van der Waals surface area (Å²) in [5, 5.41) is 22.4. The highest BCUT2D eigenvalue weighted by atomic mass is 16.4. The summed E-state index contributed by atoms with van der Waals surface area (Å²) in [6.45, 7) is 2.02. The lowest BCUT2D eigenvalue weighted by Crippen LogP contribution is -2.46. The zero-order valence-corrected chi connectivity index (χ0v) is 17.6. The van der Waals surface area contributed by atoms with Gasteiger partial charge in [-0.15, -0.1) is 0 Å². The van der Waals surface area contributed by atoms with Crippen molar-refractivity contribution in [1.29, 1.82) is 0 Å². The molecule has 2 aromatic carbocycles. The van der Waals surface area contributed by atoms with E-state index >= 15 is 0 Å². The monoisotopic (exact) mass is 419 g/mol. The predicted molar refractivity (Wildman–Crippen MR) is 122 cm³/mol. The van der Waals surface area contributed by atoms with E-state index in [2.05, 4.69) is 10.3 Å². The molecule has 3 atom stereocenters. The molecule has 0 saturated heterocycles. The van der Waals surface area contributed by atoms with Crippen molar-refractivity contribution in [2.24, 2.45) is 5.73 Å². The smallest absolute Gasteiger partial charge is 0.404 e. The summed E-state index contributed by atoms with van der Waals surface area (Å²) in [6, 6.07) is 20.7. The van der Waals surface area contributed by atoms with E-state index in [1.165, 1.54) is 0 Å². The van der Waals surface area contributed by atoms with Crippen molar-refractivity contribution in [3.05, 3.63) is 89.6 Å². The van der Waals surface area contributed by atoms with Crippen molar-refractivity contribution in [3.8, 4) is 11.3 Å². The van der Waals surface area contributed by atoms with Crippen LogP contribution in [0.25, 0.3) is 11.3 Å². The van der Waals surface area contributed by atoms with E-state index in [0.29, 0.717) is 19.3 Å². The molecule has 3 aromatic rings. The number of nitrogens with two attached hydrogens (primary N) is 1. The van der Waals surface area contributed by atoms with Gasteiger partial charge in [0.1, 0.15) is 0 Å². The zero-order chi connectivity index (χ0) is 22.2. The van der Waals surface area contributed by atoms with Gasteiger partial charge in [0.25, 0.3) is 0 Å². The number of benzene rings is 2. The van der Waals surface area contributed by atoms with E-state index in [1.807, 2.05) is 73.7 Å². The van der Waals surface area contributed by atoms with Gasteiger partial charge in [0.15, 0.2) is 0 Å². The molecular weight excluding hydrogens is 390 g/mol. The van der Waals surface area contributed by atoms with Crippen molar-refractivity contribution in [2.75, 3.05) is 0 Å². The van der Waals surface area contributed by atoms with Crippen molar-refractivity contribution >= 4 is 6.09 Å². The van der Waals surface area contributed by atoms with Gasteiger partial charge in [-0.05, 0) is 55.0 Å². The fraction of sp³-hybridized carbons (Fsp3) is 0.280. The molecule has 0 saturated carbocycles. The normalized spacial score (nSPS) is 13.9. The molecule has 162 valence electrons. The molecule has 0 aliphatic rings. The molecule has 1 heterocycles. The fourth-order valence-corrected chi connectivity index (χ4v) is 3.68. The number of aliphatic hydroxyl groups is 1. The van der Waals surface area contributed by atoms with E-state index < -0.39 is 18.2 Å². The minimum atomic E-state index is -1.17. The summed E-state index contributed by atoms with van der Waals surface area (Å²) in [5.74, 6) is 0. The number of hydrogen-bond acceptors (Lipinski definition) is 4. The first-order valence-electron chi connectivity index (χ1n) is 10.4. The Morgan fingerprint density at radius 1 is 1.03 bits per heavy atom. The molecule has 0 aliphatic carbocycles. The van der Waals surface area contributed by atoms with Crippen LogP contribution in [0.4, 0.5) is 4.79 Å². The van der Waals surface area contributed by atoms with Gasteiger partial charge in [0, 0.05) is 17.8 Å². The largest absolute Gasteiger partial charge is 0.465 e. The lowest BCUT2D eigenvalue weighted by atomic mass is 9.94. The average molecular weight is 420 g/mol. The molecule has 0 aliphatic heterocycles. The number of hydrogen-bond donors (Lipinski definition) is 4. The maximum atomic E-state index is 11.3. The minimum absolute atomic E-state index is 0.273. The van der Waals surface area contributed by atoms with E-state index in [0.717, 1.165) is 27.9 Å². The molecule has 6 nitrogen and oxygen atoms in total. The van der Waals surface area contributed by atoms with Gasteiger partial charge in [0.05, 0.1) is 17.8 Å². The van der Waals surface area contributed by atoms with Crippen LogP contribution < -0.4 is 11.1 Å². The molecular formula is C25H29N3O3. The maximum Gasteiger partial charge on any atom is 0.404 e. The molecule has 0 radical (unpaired) electrons. The molecule has 6 heteroatoms. The lowest BCUT2D eigenvalue weighted by molar-refractivity contribution is 0.105. The molecule has 0 fully saturated rings. The predicted octanol–water partition coefficient (Wildman–Crippen LogP) is 3.56. The Morgan fingerprint density at radius 3 is 2.35 bits per heavy atom. The number of amides is 1. The number of pyridine rings is 1. The molecule has 1 aromatic heterocycles. The first-order valence-corrected chi connectivity index (χ1v) is 10.4. The standard InChI is InChI=1S/C25H29N3O3/c1-17-11-12-27-22(13-17)20-9-7-19(8-10-20)15-23(28-25(30)31)24(29)16-21(26)14-18-5-3-2-4-6-18/h2-13,21,23-24,28-29H,14-16,26H2,1H3,(H,30,31)/t21-,23-,24-/m0/s1. The Morgan fingerprint density at radius 2 is 1.71 bits per heavy atom. The molecule has 5 N–H and O–H groups in total. The Labute approximate surface area is 182 Å². The number of aryl methyl sites for hydroxylation is 1. The molecule has 31 heavy (non-hydrogen) atoms. The highest BCUT2D eigenvalue weighted by Gasteiger charge is 2.24. The van der Waals surface area contributed by atoms with Gasteiger partial charge in [-0.1, -0.05) is 54.6 Å². The summed E-state index contributed by atoms with van der Waals surface area (Å²) in [4.78, 5) is 15.7. The summed E-state index contributed by atoms with van der Waals surface area (Å²) in [5.41, 5.74) is 11.2. The fourth-order valence-electron chi connectivity index (χ4n) is 3.68. The van der Waals surface area contributed by atoms with Crippen LogP contribution in [0.3, 0.4) is 0 Å². The van der Waals surface area contributed by atoms with Crippen molar-refractivity contribution in [2.45, 2.75) is 44.4 Å². The number of rotatable bonds is 9. The number of aromatic nitrogens is 1. The Hall–Kier alpha value is -3.22. The zero-order valence-electron chi connectivity index (χ0n) is 17.6. The first kappa shape index (κ1) is 22.5. The van der Waals surface area contributed by atoms with Crippen LogP contribution in [0, 0.1) is 6.92 Å². The summed E-state index contributed by atoms with van der Waals surface area (Å²) in [6.07, 6.45) is 1.00. The van der Waals surface area contributed by atoms with Crippen molar-refractivity contribution in [3.63, 3.8) is 0 Å². The van der Waals surface area contributed by atoms with Crippen LogP contribution in [0.1, 0.15) is 23.1 Å². The van der Waals surface area contributed by atoms with Crippen LogP contribution in [0.2, 0.25) is 0 Å². The number of nitrogens with one attached hydrogen (secondary N) is 1. The number of nitrogens with zero attached hydrogens (tertiary/aromatic N) is 1. The number of carbonyl (C=O) groups is 1. The minimum Gasteiger partial charge on any atom is -0.465 e. The van der Waals surface area contributed by atoms with Crippen LogP contribution in [-0.4, -0.2) is 39.5 Å². The van der Waals surface area contributed by atoms with Crippen LogP contribution in [0.5, 0.6) is 0 Å². The van der Waals surface area contributed by atoms with Gasteiger partial charge >= 0.3 is 6.09 Å². The van der Waals surface area contributed by atoms with Crippen LogP contribution in [-0.2, 0) is 12.8 Å². The maximum absolute atomic E-state index is 11.3. The van der Waals surface area contributed by atoms with E-state index in [1.54, 1.807) is 6.20 Å². The molecule has 0 unspecified atom stereocenters. The average Bonchev–Trinajstić information content (AvgIpc) is 2.74. The third-order valence-electron chi connectivity index (χ3n) is 5.28. The molecule has 0 bridgehead atoms. The quantitative estimate of drug-likeness (QED) is 0.424. The summed E-state index contributed by atoms with van der Waals surface area (Å²) in [7, 11) is 0. The molecule has 1 amide bonds. The number of aliphatic hydroxyl groups excluding tert-OH is 1. The highest BCUT2D eigenvalue weighted by molar-refractivity contribution is 5.65. The third-order valence-corrected chi connectivity index (χ3v) is 5.28. The van der Waals surface area contributed by atoms with E-state index in [4.69, 9.17) is 5.73 Å². The Balaban J connectivity index is 1.65. The van der Waals surface area contributed by atoms with Crippen molar-refractivity contribution < 1.29 is 15.0 Å². The topological polar surface area (TPSA) is 108 Å². The highest BCUT2D eigenvalue weighted by Crippen LogP contribution is 2.20. The van der Waals surface area contributed by atoms with E-state index in [9.17, 15) is 15.0 Å². The second-order valence-electron chi connectivity index (χ2n) is 7.93. The first-order chi connectivity index (χ1) is 14.9. The SMILES string of the molecule is Cc1ccnc(-c2ccc(C[C@H](NC(=O)O)[C@@H](O)C[C@@H](N)Cc3ccccc3)cc2)c1. The Kier molecular flexibility index (Phi) is 7.76. The summed E-state index contributed by atoms with van der Waals surface area (Å²) >= 11 is 0. The molecule has 3 rings (SSSR count). The number of carboxylic acid groups (broad SMARTS) is 1. The molecule has 0 spiro atoms. The second kappa shape index (κ2) is 10.7. The summed E-state index contributed by atoms with van der Waals surface area (Å²) < 4.78 is 0. The second-order valence-corrected chi connectivity index (χ2v) is 7.93. The Bertz CT molecular complexity index is 977. The van der Waals surface area contributed by atoms with Gasteiger partial charge in [-0.3, -0.25) is 4.98 Å². The lowest BCUT2D eigenvalue weighted by Gasteiger charge is -2.25. The van der Waals surface area contributed by atoms with Gasteiger partial charge in [-0.25, -0.2) is 4.79 Å². The van der Waals surface area contributed by atoms with E-state index in [-0.39, 0.29) is 6.04 Å².